The number of hydrogen-bond acceptors (Lipinski definition) is 4. The van der Waals surface area contributed by atoms with Gasteiger partial charge in [0.2, 0.25) is 0 Å². The summed E-state index contributed by atoms with van der Waals surface area (Å²) in [5, 5.41) is 0. The highest BCUT2D eigenvalue weighted by Crippen LogP contribution is 2.22. The van der Waals surface area contributed by atoms with Crippen LogP contribution in [0.25, 0.3) is 0 Å². The van der Waals surface area contributed by atoms with Crippen molar-refractivity contribution < 1.29 is 4.74 Å². The van der Waals surface area contributed by atoms with Gasteiger partial charge in [0, 0.05) is 25.3 Å². The standard InChI is InChI=1S/C15H25N3O/c1-4-13-10-18(5-6-19-13)15-8-12(9-16)7-14(17-15)11(2)3/h7-8,11,13H,4-6,9-10,16H2,1-3H3. The van der Waals surface area contributed by atoms with Crippen molar-refractivity contribution in [2.75, 3.05) is 24.6 Å². The highest BCUT2D eigenvalue weighted by atomic mass is 16.5. The first-order valence-electron chi connectivity index (χ1n) is 7.21. The van der Waals surface area contributed by atoms with Crippen LogP contribution in [-0.2, 0) is 11.3 Å². The minimum atomic E-state index is 0.319. The summed E-state index contributed by atoms with van der Waals surface area (Å²) in [6.07, 6.45) is 1.36. The first-order chi connectivity index (χ1) is 9.13. The Balaban J connectivity index is 2.25. The second kappa shape index (κ2) is 6.35. The van der Waals surface area contributed by atoms with Crippen LogP contribution in [0.15, 0.2) is 12.1 Å². The summed E-state index contributed by atoms with van der Waals surface area (Å²) in [6.45, 7) is 9.68. The Kier molecular flexibility index (Phi) is 4.77. The van der Waals surface area contributed by atoms with Crippen molar-refractivity contribution in [2.45, 2.75) is 45.8 Å². The number of hydrogen-bond donors (Lipinski definition) is 1. The van der Waals surface area contributed by atoms with Crippen LogP contribution in [0.3, 0.4) is 0 Å². The van der Waals surface area contributed by atoms with E-state index >= 15 is 0 Å². The highest BCUT2D eigenvalue weighted by molar-refractivity contribution is 5.44. The summed E-state index contributed by atoms with van der Waals surface area (Å²) in [5.41, 5.74) is 8.08. The van der Waals surface area contributed by atoms with Crippen LogP contribution in [0.2, 0.25) is 0 Å². The Hall–Kier alpha value is -1.13. The molecule has 1 fully saturated rings. The lowest BCUT2D eigenvalue weighted by Crippen LogP contribution is -2.42. The maximum atomic E-state index is 5.80. The molecule has 1 aromatic rings. The summed E-state index contributed by atoms with van der Waals surface area (Å²) in [4.78, 5) is 7.11. The predicted molar refractivity (Wildman–Crippen MR) is 78.5 cm³/mol. The molecule has 19 heavy (non-hydrogen) atoms. The van der Waals surface area contributed by atoms with E-state index in [0.29, 0.717) is 18.6 Å². The van der Waals surface area contributed by atoms with E-state index in [2.05, 4.69) is 37.8 Å². The molecule has 0 spiro atoms. The van der Waals surface area contributed by atoms with Gasteiger partial charge in [0.25, 0.3) is 0 Å². The molecule has 2 N–H and O–H groups in total. The van der Waals surface area contributed by atoms with Gasteiger partial charge in [-0.25, -0.2) is 4.98 Å². The van der Waals surface area contributed by atoms with Gasteiger partial charge in [0.15, 0.2) is 0 Å². The smallest absolute Gasteiger partial charge is 0.129 e. The van der Waals surface area contributed by atoms with Crippen molar-refractivity contribution in [1.29, 1.82) is 0 Å². The van der Waals surface area contributed by atoms with E-state index in [0.717, 1.165) is 43.2 Å². The lowest BCUT2D eigenvalue weighted by atomic mass is 10.1. The van der Waals surface area contributed by atoms with Crippen LogP contribution in [0.5, 0.6) is 0 Å². The van der Waals surface area contributed by atoms with Crippen LogP contribution in [0.4, 0.5) is 5.82 Å². The van der Waals surface area contributed by atoms with Gasteiger partial charge in [-0.2, -0.15) is 0 Å². The molecule has 4 nitrogen and oxygen atoms in total. The molecule has 0 aromatic carbocycles. The molecule has 0 saturated carbocycles. The fourth-order valence-electron chi connectivity index (χ4n) is 2.34. The molecular weight excluding hydrogens is 238 g/mol. The quantitative estimate of drug-likeness (QED) is 0.905. The molecule has 1 aromatic heterocycles. The third kappa shape index (κ3) is 3.45. The Bertz CT molecular complexity index is 420. The number of nitrogens with two attached hydrogens (primary N) is 1. The van der Waals surface area contributed by atoms with Gasteiger partial charge in [-0.05, 0) is 30.0 Å². The van der Waals surface area contributed by atoms with Crippen molar-refractivity contribution in [1.82, 2.24) is 4.98 Å². The molecule has 1 unspecified atom stereocenters. The normalized spacial score (nSPS) is 20.1. The van der Waals surface area contributed by atoms with E-state index in [4.69, 9.17) is 15.5 Å². The van der Waals surface area contributed by atoms with E-state index < -0.39 is 0 Å². The summed E-state index contributed by atoms with van der Waals surface area (Å²) < 4.78 is 5.72. The zero-order chi connectivity index (χ0) is 13.8. The number of rotatable bonds is 4. The number of ether oxygens (including phenoxy) is 1. The van der Waals surface area contributed by atoms with E-state index in [-0.39, 0.29) is 0 Å². The number of pyridine rings is 1. The van der Waals surface area contributed by atoms with Gasteiger partial charge in [-0.1, -0.05) is 20.8 Å². The summed E-state index contributed by atoms with van der Waals surface area (Å²) in [6, 6.07) is 4.23. The molecule has 1 saturated heterocycles. The fraction of sp³-hybridized carbons (Fsp3) is 0.667. The molecule has 1 aliphatic rings. The molecule has 1 aliphatic heterocycles. The topological polar surface area (TPSA) is 51.4 Å². The maximum absolute atomic E-state index is 5.80. The zero-order valence-electron chi connectivity index (χ0n) is 12.2. The second-order valence-corrected chi connectivity index (χ2v) is 5.46. The molecule has 106 valence electrons. The average Bonchev–Trinajstić information content (AvgIpc) is 2.46. The SMILES string of the molecule is CCC1CN(c2cc(CN)cc(C(C)C)n2)CCO1. The van der Waals surface area contributed by atoms with Crippen molar-refractivity contribution in [3.05, 3.63) is 23.4 Å². The fourth-order valence-corrected chi connectivity index (χ4v) is 2.34. The van der Waals surface area contributed by atoms with Crippen LogP contribution >= 0.6 is 0 Å². The molecule has 4 heteroatoms. The molecule has 2 heterocycles. The molecule has 0 radical (unpaired) electrons. The lowest BCUT2D eigenvalue weighted by Gasteiger charge is -2.33. The van der Waals surface area contributed by atoms with Gasteiger partial charge in [0.05, 0.1) is 12.7 Å². The van der Waals surface area contributed by atoms with Crippen LogP contribution in [0.1, 0.15) is 44.4 Å². The monoisotopic (exact) mass is 263 g/mol. The van der Waals surface area contributed by atoms with Crippen molar-refractivity contribution in [3.8, 4) is 0 Å². The molecular formula is C15H25N3O. The Morgan fingerprint density at radius 2 is 2.26 bits per heavy atom. The van der Waals surface area contributed by atoms with E-state index in [1.54, 1.807) is 0 Å². The summed E-state index contributed by atoms with van der Waals surface area (Å²) >= 11 is 0. The zero-order valence-corrected chi connectivity index (χ0v) is 12.2. The van der Waals surface area contributed by atoms with Gasteiger partial charge >= 0.3 is 0 Å². The summed E-state index contributed by atoms with van der Waals surface area (Å²) in [5.74, 6) is 1.47. The summed E-state index contributed by atoms with van der Waals surface area (Å²) in [7, 11) is 0. The Labute approximate surface area is 116 Å². The minimum Gasteiger partial charge on any atom is -0.375 e. The molecule has 1 atom stereocenters. The molecule has 0 aliphatic carbocycles. The molecule has 2 rings (SSSR count). The highest BCUT2D eigenvalue weighted by Gasteiger charge is 2.21. The van der Waals surface area contributed by atoms with Crippen LogP contribution in [0, 0.1) is 0 Å². The molecule has 0 amide bonds. The van der Waals surface area contributed by atoms with Crippen molar-refractivity contribution in [3.63, 3.8) is 0 Å². The Morgan fingerprint density at radius 3 is 2.89 bits per heavy atom. The first-order valence-corrected chi connectivity index (χ1v) is 7.21. The third-order valence-electron chi connectivity index (χ3n) is 3.64. The maximum Gasteiger partial charge on any atom is 0.129 e. The van der Waals surface area contributed by atoms with Crippen LogP contribution < -0.4 is 10.6 Å². The average molecular weight is 263 g/mol. The van der Waals surface area contributed by atoms with Gasteiger partial charge in [-0.15, -0.1) is 0 Å². The third-order valence-corrected chi connectivity index (χ3v) is 3.64. The number of aromatic nitrogens is 1. The lowest BCUT2D eigenvalue weighted by molar-refractivity contribution is 0.0381. The Morgan fingerprint density at radius 1 is 1.47 bits per heavy atom. The van der Waals surface area contributed by atoms with Crippen molar-refractivity contribution >= 4 is 5.82 Å². The van der Waals surface area contributed by atoms with Crippen LogP contribution in [-0.4, -0.2) is 30.8 Å². The second-order valence-electron chi connectivity index (χ2n) is 5.46. The van der Waals surface area contributed by atoms with Gasteiger partial charge < -0.3 is 15.4 Å². The minimum absolute atomic E-state index is 0.319. The van der Waals surface area contributed by atoms with Crippen molar-refractivity contribution in [2.24, 2.45) is 5.73 Å². The van der Waals surface area contributed by atoms with Gasteiger partial charge in [-0.3, -0.25) is 0 Å². The largest absolute Gasteiger partial charge is 0.375 e. The van der Waals surface area contributed by atoms with E-state index in [1.807, 2.05) is 0 Å². The number of nitrogens with zero attached hydrogens (tertiary/aromatic N) is 2. The number of anilines is 1. The van der Waals surface area contributed by atoms with E-state index in [1.165, 1.54) is 0 Å². The number of morpholine rings is 1. The first kappa shape index (κ1) is 14.3. The van der Waals surface area contributed by atoms with E-state index in [9.17, 15) is 0 Å². The predicted octanol–water partition coefficient (Wildman–Crippen LogP) is 2.28. The van der Waals surface area contributed by atoms with Gasteiger partial charge in [0.1, 0.15) is 5.82 Å². The molecule has 0 bridgehead atoms.